The maximum Gasteiger partial charge on any atom is 0.292 e. The molecule has 1 aromatic carbocycles. The Morgan fingerprint density at radius 2 is 2.37 bits per heavy atom. The van der Waals surface area contributed by atoms with E-state index in [0.29, 0.717) is 24.0 Å². The first-order chi connectivity index (χ1) is 9.11. The minimum absolute atomic E-state index is 0.0616. The second kappa shape index (κ2) is 5.88. The highest BCUT2D eigenvalue weighted by atomic mass is 16.6. The number of anilines is 1. The Morgan fingerprint density at radius 3 is 2.95 bits per heavy atom. The van der Waals surface area contributed by atoms with Crippen LogP contribution >= 0.6 is 0 Å². The standard InChI is InChI=1S/C13H18N2O4/c1-9(10-5-6-19-8-10)14-12-7-11(18-2)3-4-13(12)15(16)17/h3-4,7,9-10,14H,5-6,8H2,1-2H3. The minimum Gasteiger partial charge on any atom is -0.497 e. The van der Waals surface area contributed by atoms with Crippen LogP contribution in [0.25, 0.3) is 0 Å². The summed E-state index contributed by atoms with van der Waals surface area (Å²) in [6, 6.07) is 4.82. The van der Waals surface area contributed by atoms with Crippen LogP contribution in [0.1, 0.15) is 13.3 Å². The van der Waals surface area contributed by atoms with Gasteiger partial charge in [0.15, 0.2) is 0 Å². The van der Waals surface area contributed by atoms with Crippen LogP contribution in [0.3, 0.4) is 0 Å². The van der Waals surface area contributed by atoms with Gasteiger partial charge in [-0.05, 0) is 19.4 Å². The van der Waals surface area contributed by atoms with Crippen molar-refractivity contribution in [2.24, 2.45) is 5.92 Å². The first-order valence-corrected chi connectivity index (χ1v) is 6.28. The van der Waals surface area contributed by atoms with Gasteiger partial charge in [-0.25, -0.2) is 0 Å². The molecule has 2 unspecified atom stereocenters. The number of methoxy groups -OCH3 is 1. The third kappa shape index (κ3) is 3.14. The molecule has 2 rings (SSSR count). The van der Waals surface area contributed by atoms with Crippen molar-refractivity contribution in [3.63, 3.8) is 0 Å². The molecule has 1 saturated heterocycles. The van der Waals surface area contributed by atoms with Gasteiger partial charge in [-0.1, -0.05) is 0 Å². The second-order valence-corrected chi connectivity index (χ2v) is 4.70. The lowest BCUT2D eigenvalue weighted by Crippen LogP contribution is -2.26. The molecule has 6 heteroatoms. The molecule has 6 nitrogen and oxygen atoms in total. The summed E-state index contributed by atoms with van der Waals surface area (Å²) in [4.78, 5) is 10.6. The van der Waals surface area contributed by atoms with E-state index < -0.39 is 0 Å². The minimum atomic E-state index is -0.389. The highest BCUT2D eigenvalue weighted by molar-refractivity contribution is 5.64. The maximum atomic E-state index is 11.0. The highest BCUT2D eigenvalue weighted by Crippen LogP contribution is 2.31. The Labute approximate surface area is 111 Å². The maximum absolute atomic E-state index is 11.0. The quantitative estimate of drug-likeness (QED) is 0.654. The molecule has 1 aromatic rings. The molecule has 0 aliphatic carbocycles. The molecule has 0 spiro atoms. The fourth-order valence-electron chi connectivity index (χ4n) is 2.23. The summed E-state index contributed by atoms with van der Waals surface area (Å²) in [5, 5.41) is 14.2. The number of benzene rings is 1. The molecule has 1 N–H and O–H groups in total. The van der Waals surface area contributed by atoms with Gasteiger partial charge in [0.2, 0.25) is 0 Å². The molecular formula is C13H18N2O4. The first kappa shape index (κ1) is 13.6. The van der Waals surface area contributed by atoms with E-state index >= 15 is 0 Å². The SMILES string of the molecule is COc1ccc([N+](=O)[O-])c(NC(C)C2CCOC2)c1. The Balaban J connectivity index is 2.18. The first-order valence-electron chi connectivity index (χ1n) is 6.28. The van der Waals surface area contributed by atoms with E-state index in [2.05, 4.69) is 5.32 Å². The molecule has 0 bridgehead atoms. The predicted molar refractivity (Wildman–Crippen MR) is 71.7 cm³/mol. The Bertz CT molecular complexity index is 458. The van der Waals surface area contributed by atoms with Crippen molar-refractivity contribution in [2.45, 2.75) is 19.4 Å². The molecule has 0 radical (unpaired) electrons. The summed E-state index contributed by atoms with van der Waals surface area (Å²) in [6.45, 7) is 3.48. The van der Waals surface area contributed by atoms with Crippen molar-refractivity contribution in [2.75, 3.05) is 25.6 Å². The van der Waals surface area contributed by atoms with E-state index in [9.17, 15) is 10.1 Å². The van der Waals surface area contributed by atoms with Gasteiger partial charge >= 0.3 is 0 Å². The number of ether oxygens (including phenoxy) is 2. The van der Waals surface area contributed by atoms with E-state index in [1.165, 1.54) is 6.07 Å². The lowest BCUT2D eigenvalue weighted by molar-refractivity contribution is -0.384. The Morgan fingerprint density at radius 1 is 1.58 bits per heavy atom. The van der Waals surface area contributed by atoms with Gasteiger partial charge in [-0.3, -0.25) is 10.1 Å². The van der Waals surface area contributed by atoms with Crippen LogP contribution in [0.2, 0.25) is 0 Å². The summed E-state index contributed by atoms with van der Waals surface area (Å²) in [5.74, 6) is 0.980. The van der Waals surface area contributed by atoms with E-state index in [4.69, 9.17) is 9.47 Å². The average molecular weight is 266 g/mol. The molecule has 0 amide bonds. The zero-order chi connectivity index (χ0) is 13.8. The third-order valence-electron chi connectivity index (χ3n) is 3.46. The van der Waals surface area contributed by atoms with Crippen molar-refractivity contribution in [1.82, 2.24) is 0 Å². The third-order valence-corrected chi connectivity index (χ3v) is 3.46. The molecule has 1 heterocycles. The topological polar surface area (TPSA) is 73.6 Å². The Kier molecular flexibility index (Phi) is 4.21. The van der Waals surface area contributed by atoms with Gasteiger partial charge in [0.05, 0.1) is 18.6 Å². The van der Waals surface area contributed by atoms with E-state index in [1.807, 2.05) is 6.92 Å². The summed E-state index contributed by atoms with van der Waals surface area (Å²) < 4.78 is 10.4. The van der Waals surface area contributed by atoms with E-state index in [0.717, 1.165) is 13.0 Å². The fraction of sp³-hybridized carbons (Fsp3) is 0.538. The van der Waals surface area contributed by atoms with Crippen molar-refractivity contribution in [3.05, 3.63) is 28.3 Å². The molecule has 19 heavy (non-hydrogen) atoms. The molecule has 0 aromatic heterocycles. The average Bonchev–Trinajstić information content (AvgIpc) is 2.92. The van der Waals surface area contributed by atoms with Crippen LogP contribution in [0.15, 0.2) is 18.2 Å². The van der Waals surface area contributed by atoms with Gasteiger partial charge in [-0.2, -0.15) is 0 Å². The molecule has 2 atom stereocenters. The number of hydrogen-bond donors (Lipinski definition) is 1. The molecular weight excluding hydrogens is 248 g/mol. The number of rotatable bonds is 5. The van der Waals surface area contributed by atoms with Crippen molar-refractivity contribution < 1.29 is 14.4 Å². The van der Waals surface area contributed by atoms with Gasteiger partial charge in [0, 0.05) is 30.7 Å². The molecule has 0 saturated carbocycles. The summed E-state index contributed by atoms with van der Waals surface area (Å²) in [6.07, 6.45) is 0.978. The van der Waals surface area contributed by atoms with Crippen LogP contribution in [-0.4, -0.2) is 31.3 Å². The predicted octanol–water partition coefficient (Wildman–Crippen LogP) is 2.44. The lowest BCUT2D eigenvalue weighted by Gasteiger charge is -2.20. The largest absolute Gasteiger partial charge is 0.497 e. The number of nitro benzene ring substituents is 1. The van der Waals surface area contributed by atoms with Gasteiger partial charge in [-0.15, -0.1) is 0 Å². The fourth-order valence-corrected chi connectivity index (χ4v) is 2.23. The lowest BCUT2D eigenvalue weighted by atomic mass is 10.0. The van der Waals surface area contributed by atoms with Gasteiger partial charge in [0.25, 0.3) is 5.69 Å². The zero-order valence-electron chi connectivity index (χ0n) is 11.1. The summed E-state index contributed by atoms with van der Waals surface area (Å²) in [7, 11) is 1.54. The van der Waals surface area contributed by atoms with Gasteiger partial charge in [0.1, 0.15) is 11.4 Å². The van der Waals surface area contributed by atoms with Crippen LogP contribution < -0.4 is 10.1 Å². The van der Waals surface area contributed by atoms with Crippen LogP contribution in [0.4, 0.5) is 11.4 Å². The number of nitro groups is 1. The van der Waals surface area contributed by atoms with E-state index in [1.54, 1.807) is 19.2 Å². The summed E-state index contributed by atoms with van der Waals surface area (Å²) >= 11 is 0. The van der Waals surface area contributed by atoms with Crippen LogP contribution in [0.5, 0.6) is 5.75 Å². The molecule has 1 fully saturated rings. The smallest absolute Gasteiger partial charge is 0.292 e. The molecule has 1 aliphatic rings. The number of nitrogens with zero attached hydrogens (tertiary/aromatic N) is 1. The second-order valence-electron chi connectivity index (χ2n) is 4.70. The van der Waals surface area contributed by atoms with Gasteiger partial charge < -0.3 is 14.8 Å². The molecule has 104 valence electrons. The van der Waals surface area contributed by atoms with Crippen molar-refractivity contribution >= 4 is 11.4 Å². The summed E-state index contributed by atoms with van der Waals surface area (Å²) in [5.41, 5.74) is 0.551. The molecule has 1 aliphatic heterocycles. The highest BCUT2D eigenvalue weighted by Gasteiger charge is 2.24. The zero-order valence-corrected chi connectivity index (χ0v) is 11.1. The van der Waals surface area contributed by atoms with E-state index in [-0.39, 0.29) is 16.7 Å². The van der Waals surface area contributed by atoms with Crippen molar-refractivity contribution in [3.8, 4) is 5.75 Å². The number of hydrogen-bond acceptors (Lipinski definition) is 5. The van der Waals surface area contributed by atoms with Crippen molar-refractivity contribution in [1.29, 1.82) is 0 Å². The Hall–Kier alpha value is -1.82. The normalized spacial score (nSPS) is 20.0. The monoisotopic (exact) mass is 266 g/mol. The van der Waals surface area contributed by atoms with Crippen LogP contribution in [-0.2, 0) is 4.74 Å². The van der Waals surface area contributed by atoms with Crippen LogP contribution in [0, 0.1) is 16.0 Å². The number of nitrogens with one attached hydrogen (secondary N) is 1.